The van der Waals surface area contributed by atoms with Crippen LogP contribution in [-0.4, -0.2) is 41.0 Å². The summed E-state index contributed by atoms with van der Waals surface area (Å²) in [5.41, 5.74) is 0.787. The fourth-order valence-corrected chi connectivity index (χ4v) is 4.50. The first-order valence-corrected chi connectivity index (χ1v) is 10.9. The molecule has 0 spiro atoms. The van der Waals surface area contributed by atoms with E-state index in [0.717, 1.165) is 31.4 Å². The van der Waals surface area contributed by atoms with Crippen LogP contribution in [-0.2, 0) is 4.79 Å². The highest BCUT2D eigenvalue weighted by Crippen LogP contribution is 2.31. The number of thioether (sulfide) groups is 1. The summed E-state index contributed by atoms with van der Waals surface area (Å²) in [4.78, 5) is 23.9. The Morgan fingerprint density at radius 1 is 1.21 bits per heavy atom. The molecule has 1 fully saturated rings. The molecule has 3 N–H and O–H groups in total. The standard InChI is InChI=1S/C18H23N5O3S2/c1-26-14-10-6-5-9-13(14)20-17-22-23-18(28-17)27-11-15(24)21-16(25)19-12-7-3-2-4-8-12/h5-6,9-10,12H,2-4,7-8,11H2,1H3,(H,20,22)(H2,19,21,24,25). The SMILES string of the molecule is COc1ccccc1Nc1nnc(SCC(=O)NC(=O)NC2CCCCC2)s1. The second kappa shape index (κ2) is 10.3. The highest BCUT2D eigenvalue weighted by Gasteiger charge is 2.17. The lowest BCUT2D eigenvalue weighted by molar-refractivity contribution is -0.117. The number of benzene rings is 1. The van der Waals surface area contributed by atoms with Crippen LogP contribution in [0.25, 0.3) is 0 Å². The number of imide groups is 1. The van der Waals surface area contributed by atoms with E-state index in [-0.39, 0.29) is 17.7 Å². The van der Waals surface area contributed by atoms with E-state index < -0.39 is 6.03 Å². The van der Waals surface area contributed by atoms with Crippen molar-refractivity contribution >= 4 is 45.9 Å². The number of urea groups is 1. The van der Waals surface area contributed by atoms with Crippen LogP contribution in [0.3, 0.4) is 0 Å². The van der Waals surface area contributed by atoms with Gasteiger partial charge in [-0.1, -0.05) is 54.5 Å². The van der Waals surface area contributed by atoms with E-state index in [2.05, 4.69) is 26.1 Å². The molecule has 1 aromatic carbocycles. The summed E-state index contributed by atoms with van der Waals surface area (Å²) in [5.74, 6) is 0.449. The summed E-state index contributed by atoms with van der Waals surface area (Å²) in [5, 5.41) is 17.1. The lowest BCUT2D eigenvalue weighted by Gasteiger charge is -2.22. The number of rotatable bonds is 7. The van der Waals surface area contributed by atoms with E-state index in [0.29, 0.717) is 15.2 Å². The Labute approximate surface area is 171 Å². The zero-order valence-corrected chi connectivity index (χ0v) is 17.2. The Hall–Kier alpha value is -2.33. The van der Waals surface area contributed by atoms with Crippen molar-refractivity contribution in [2.24, 2.45) is 0 Å². The van der Waals surface area contributed by atoms with E-state index in [4.69, 9.17) is 4.74 Å². The van der Waals surface area contributed by atoms with Gasteiger partial charge in [0.15, 0.2) is 4.34 Å². The van der Waals surface area contributed by atoms with E-state index in [1.807, 2.05) is 24.3 Å². The normalized spacial score (nSPS) is 14.3. The smallest absolute Gasteiger partial charge is 0.321 e. The molecule has 1 saturated carbocycles. The van der Waals surface area contributed by atoms with Gasteiger partial charge in [-0.2, -0.15) is 0 Å². The molecule has 150 valence electrons. The zero-order chi connectivity index (χ0) is 19.8. The third-order valence-corrected chi connectivity index (χ3v) is 6.25. The first-order chi connectivity index (χ1) is 13.6. The molecule has 1 aliphatic carbocycles. The third kappa shape index (κ3) is 6.10. The number of carbonyl (C=O) groups excluding carboxylic acids is 2. The largest absolute Gasteiger partial charge is 0.495 e. The highest BCUT2D eigenvalue weighted by molar-refractivity contribution is 8.01. The van der Waals surface area contributed by atoms with Crippen LogP contribution in [0.15, 0.2) is 28.6 Å². The van der Waals surface area contributed by atoms with Gasteiger partial charge < -0.3 is 15.4 Å². The minimum Gasteiger partial charge on any atom is -0.495 e. The molecule has 8 nitrogen and oxygen atoms in total. The Morgan fingerprint density at radius 3 is 2.79 bits per heavy atom. The molecular formula is C18H23N5O3S2. The van der Waals surface area contributed by atoms with Gasteiger partial charge in [0, 0.05) is 6.04 Å². The zero-order valence-electron chi connectivity index (χ0n) is 15.6. The van der Waals surface area contributed by atoms with Crippen LogP contribution in [0.1, 0.15) is 32.1 Å². The molecule has 2 aromatic rings. The molecular weight excluding hydrogens is 398 g/mol. The fraction of sp³-hybridized carbons (Fsp3) is 0.444. The van der Waals surface area contributed by atoms with Crippen LogP contribution in [0.4, 0.5) is 15.6 Å². The van der Waals surface area contributed by atoms with Gasteiger partial charge in [0.2, 0.25) is 11.0 Å². The molecule has 10 heteroatoms. The lowest BCUT2D eigenvalue weighted by Crippen LogP contribution is -2.45. The first kappa shape index (κ1) is 20.4. The van der Waals surface area contributed by atoms with Crippen molar-refractivity contribution in [3.63, 3.8) is 0 Å². The number of anilines is 2. The molecule has 1 heterocycles. The van der Waals surface area contributed by atoms with Gasteiger partial charge in [-0.25, -0.2) is 4.79 Å². The van der Waals surface area contributed by atoms with Crippen molar-refractivity contribution < 1.29 is 14.3 Å². The highest BCUT2D eigenvalue weighted by atomic mass is 32.2. The number of nitrogens with one attached hydrogen (secondary N) is 3. The summed E-state index contributed by atoms with van der Waals surface area (Å²) in [6.07, 6.45) is 5.41. The van der Waals surface area contributed by atoms with Crippen molar-refractivity contribution in [1.29, 1.82) is 0 Å². The van der Waals surface area contributed by atoms with Crippen LogP contribution < -0.4 is 20.7 Å². The maximum Gasteiger partial charge on any atom is 0.321 e. The first-order valence-electron chi connectivity index (χ1n) is 9.10. The van der Waals surface area contributed by atoms with Crippen molar-refractivity contribution in [2.45, 2.75) is 42.5 Å². The number of para-hydroxylation sites is 2. The molecule has 0 atom stereocenters. The molecule has 3 amide bonds. The third-order valence-electron chi connectivity index (χ3n) is 4.28. The average Bonchev–Trinajstić information content (AvgIpc) is 3.15. The summed E-state index contributed by atoms with van der Waals surface area (Å²) in [6, 6.07) is 7.25. The van der Waals surface area contributed by atoms with Crippen LogP contribution in [0.2, 0.25) is 0 Å². The number of hydrogen-bond acceptors (Lipinski definition) is 8. The Morgan fingerprint density at radius 2 is 2.00 bits per heavy atom. The second-order valence-electron chi connectivity index (χ2n) is 6.34. The van der Waals surface area contributed by atoms with Gasteiger partial charge in [0.25, 0.3) is 0 Å². The summed E-state index contributed by atoms with van der Waals surface area (Å²) >= 11 is 2.57. The van der Waals surface area contributed by atoms with Crippen molar-refractivity contribution in [3.05, 3.63) is 24.3 Å². The maximum absolute atomic E-state index is 12.0. The van der Waals surface area contributed by atoms with Crippen molar-refractivity contribution in [1.82, 2.24) is 20.8 Å². The molecule has 1 aliphatic rings. The van der Waals surface area contributed by atoms with Gasteiger partial charge in [-0.15, -0.1) is 10.2 Å². The fourth-order valence-electron chi connectivity index (χ4n) is 2.94. The predicted octanol–water partition coefficient (Wildman–Crippen LogP) is 3.54. The lowest BCUT2D eigenvalue weighted by atomic mass is 9.96. The molecule has 28 heavy (non-hydrogen) atoms. The Bertz CT molecular complexity index is 808. The molecule has 0 saturated heterocycles. The minimum atomic E-state index is -0.423. The summed E-state index contributed by atoms with van der Waals surface area (Å²) < 4.78 is 5.93. The number of ether oxygens (including phenoxy) is 1. The van der Waals surface area contributed by atoms with E-state index in [1.165, 1.54) is 29.5 Å². The minimum absolute atomic E-state index is 0.0986. The number of aromatic nitrogens is 2. The van der Waals surface area contributed by atoms with E-state index in [1.54, 1.807) is 7.11 Å². The second-order valence-corrected chi connectivity index (χ2v) is 8.54. The number of methoxy groups -OCH3 is 1. The van der Waals surface area contributed by atoms with Gasteiger partial charge in [0.1, 0.15) is 5.75 Å². The van der Waals surface area contributed by atoms with Gasteiger partial charge in [-0.05, 0) is 25.0 Å². The number of nitrogens with zero attached hydrogens (tertiary/aromatic N) is 2. The van der Waals surface area contributed by atoms with Crippen molar-refractivity contribution in [2.75, 3.05) is 18.2 Å². The van der Waals surface area contributed by atoms with Crippen LogP contribution in [0, 0.1) is 0 Å². The molecule has 0 aliphatic heterocycles. The quantitative estimate of drug-likeness (QED) is 0.587. The Balaban J connectivity index is 1.43. The van der Waals surface area contributed by atoms with Gasteiger partial charge in [-0.3, -0.25) is 10.1 Å². The van der Waals surface area contributed by atoms with Gasteiger partial charge >= 0.3 is 6.03 Å². The molecule has 0 radical (unpaired) electrons. The summed E-state index contributed by atoms with van der Waals surface area (Å²) in [6.45, 7) is 0. The summed E-state index contributed by atoms with van der Waals surface area (Å²) in [7, 11) is 1.60. The maximum atomic E-state index is 12.0. The van der Waals surface area contributed by atoms with E-state index in [9.17, 15) is 9.59 Å². The predicted molar refractivity (Wildman–Crippen MR) is 110 cm³/mol. The number of carbonyl (C=O) groups is 2. The molecule has 0 bridgehead atoms. The Kier molecular flexibility index (Phi) is 7.49. The van der Waals surface area contributed by atoms with E-state index >= 15 is 0 Å². The topological polar surface area (TPSA) is 105 Å². The average molecular weight is 422 g/mol. The number of amides is 3. The van der Waals surface area contributed by atoms with Crippen LogP contribution >= 0.6 is 23.1 Å². The monoisotopic (exact) mass is 421 g/mol. The van der Waals surface area contributed by atoms with Crippen molar-refractivity contribution in [3.8, 4) is 5.75 Å². The molecule has 1 aromatic heterocycles. The van der Waals surface area contributed by atoms with Gasteiger partial charge in [0.05, 0.1) is 18.6 Å². The molecule has 3 rings (SSSR count). The van der Waals surface area contributed by atoms with Crippen LogP contribution in [0.5, 0.6) is 5.75 Å². The number of hydrogen-bond donors (Lipinski definition) is 3. The molecule has 0 unspecified atom stereocenters.